The van der Waals surface area contributed by atoms with Crippen molar-refractivity contribution >= 4 is 35.3 Å². The molecule has 0 heterocycles. The molecule has 0 rings (SSSR count). The molecule has 0 aliphatic carbocycles. The van der Waals surface area contributed by atoms with E-state index in [0.29, 0.717) is 0 Å². The molecule has 6 heteroatoms. The fourth-order valence-corrected chi connectivity index (χ4v) is 3.82. The summed E-state index contributed by atoms with van der Waals surface area (Å²) in [5.74, 6) is 0.479. The summed E-state index contributed by atoms with van der Waals surface area (Å²) in [5.41, 5.74) is 10.4. The second-order valence-corrected chi connectivity index (χ2v) is 6.01. The molecule has 0 spiro atoms. The molecular formula is C8H16N2O2S2. The number of hydrogen-bond acceptors (Lipinski definition) is 4. The fourth-order valence-electron chi connectivity index (χ4n) is 1.07. The molecule has 0 radical (unpaired) electrons. The van der Waals surface area contributed by atoms with Crippen molar-refractivity contribution in [2.75, 3.05) is 11.5 Å². The van der Waals surface area contributed by atoms with Gasteiger partial charge in [-0.05, 0) is 11.5 Å². The van der Waals surface area contributed by atoms with Gasteiger partial charge in [-0.3, -0.25) is 9.59 Å². The Balaban J connectivity index is 4.73. The first-order valence-electron chi connectivity index (χ1n) is 4.34. The first-order chi connectivity index (χ1) is 6.48. The van der Waals surface area contributed by atoms with Crippen molar-refractivity contribution in [1.29, 1.82) is 0 Å². The molecule has 2 amide bonds. The molecular weight excluding hydrogens is 220 g/mol. The summed E-state index contributed by atoms with van der Waals surface area (Å²) in [4.78, 5) is 22.2. The van der Waals surface area contributed by atoms with Crippen LogP contribution in [0.2, 0.25) is 0 Å². The van der Waals surface area contributed by atoms with E-state index in [1.54, 1.807) is 0 Å². The number of carbonyl (C=O) groups is 2. The van der Waals surface area contributed by atoms with E-state index in [-0.39, 0.29) is 6.42 Å². The maximum Gasteiger partial charge on any atom is 0.244 e. The second kappa shape index (κ2) is 6.19. The van der Waals surface area contributed by atoms with E-state index in [1.807, 2.05) is 13.8 Å². The smallest absolute Gasteiger partial charge is 0.244 e. The number of hydrogen-bond donors (Lipinski definition) is 2. The minimum absolute atomic E-state index is 0.000648. The van der Waals surface area contributed by atoms with E-state index in [1.165, 1.54) is 23.5 Å². The third-order valence-corrected chi connectivity index (χ3v) is 4.45. The highest BCUT2D eigenvalue weighted by molar-refractivity contribution is 8.19. The van der Waals surface area contributed by atoms with E-state index < -0.39 is 15.9 Å². The van der Waals surface area contributed by atoms with Gasteiger partial charge in [0, 0.05) is 0 Å². The summed E-state index contributed by atoms with van der Waals surface area (Å²) in [6.07, 6.45) is -0.000648. The SMILES string of the molecule is CCSC(CC(N)=O)(SCC)C(N)=O. The Morgan fingerprint density at radius 1 is 1.14 bits per heavy atom. The minimum Gasteiger partial charge on any atom is -0.370 e. The zero-order valence-corrected chi connectivity index (χ0v) is 10.0. The van der Waals surface area contributed by atoms with Crippen LogP contribution in [0.25, 0.3) is 0 Å². The van der Waals surface area contributed by atoms with Gasteiger partial charge in [0.05, 0.1) is 6.42 Å². The summed E-state index contributed by atoms with van der Waals surface area (Å²) in [5, 5.41) is 0. The van der Waals surface area contributed by atoms with Gasteiger partial charge in [-0.2, -0.15) is 0 Å². The highest BCUT2D eigenvalue weighted by Gasteiger charge is 2.38. The third kappa shape index (κ3) is 3.79. The molecule has 0 aliphatic rings. The first kappa shape index (κ1) is 13.6. The van der Waals surface area contributed by atoms with Gasteiger partial charge in [0.2, 0.25) is 11.8 Å². The number of nitrogens with two attached hydrogens (primary N) is 2. The van der Waals surface area contributed by atoms with Crippen molar-refractivity contribution in [2.45, 2.75) is 24.3 Å². The average Bonchev–Trinajstić information content (AvgIpc) is 2.03. The van der Waals surface area contributed by atoms with Gasteiger partial charge in [0.25, 0.3) is 0 Å². The van der Waals surface area contributed by atoms with Crippen LogP contribution in [0.4, 0.5) is 0 Å². The molecule has 0 fully saturated rings. The molecule has 0 aromatic rings. The molecule has 0 unspecified atom stereocenters. The Labute approximate surface area is 92.5 Å². The van der Waals surface area contributed by atoms with Crippen molar-refractivity contribution in [3.63, 3.8) is 0 Å². The summed E-state index contributed by atoms with van der Waals surface area (Å²) >= 11 is 2.74. The monoisotopic (exact) mass is 236 g/mol. The Morgan fingerprint density at radius 3 is 1.79 bits per heavy atom. The van der Waals surface area contributed by atoms with Crippen LogP contribution in [-0.2, 0) is 9.59 Å². The summed E-state index contributed by atoms with van der Waals surface area (Å²) < 4.78 is -0.880. The minimum atomic E-state index is -0.880. The normalized spacial score (nSPS) is 11.3. The number of amides is 2. The molecule has 82 valence electrons. The highest BCUT2D eigenvalue weighted by Crippen LogP contribution is 2.39. The number of rotatable bonds is 7. The van der Waals surface area contributed by atoms with E-state index in [0.717, 1.165) is 11.5 Å². The lowest BCUT2D eigenvalue weighted by Gasteiger charge is -2.27. The number of thioether (sulfide) groups is 2. The molecule has 0 bridgehead atoms. The Hall–Kier alpha value is -0.360. The molecule has 0 aliphatic heterocycles. The maximum atomic E-state index is 11.3. The topological polar surface area (TPSA) is 86.2 Å². The van der Waals surface area contributed by atoms with Crippen LogP contribution in [-0.4, -0.2) is 27.4 Å². The molecule has 0 aromatic heterocycles. The number of carbonyl (C=O) groups excluding carboxylic acids is 2. The summed E-state index contributed by atoms with van der Waals surface area (Å²) in [6.45, 7) is 3.83. The van der Waals surface area contributed by atoms with Crippen LogP contribution in [0, 0.1) is 0 Å². The standard InChI is InChI=1S/C8H16N2O2S2/c1-3-13-8(7(10)12,14-4-2)5-6(9)11/h3-5H2,1-2H3,(H2,9,11)(H2,10,12). The number of primary amides is 2. The van der Waals surface area contributed by atoms with Crippen LogP contribution in [0.5, 0.6) is 0 Å². The largest absolute Gasteiger partial charge is 0.370 e. The van der Waals surface area contributed by atoms with Gasteiger partial charge in [-0.1, -0.05) is 13.8 Å². The molecule has 4 nitrogen and oxygen atoms in total. The zero-order valence-electron chi connectivity index (χ0n) is 8.41. The van der Waals surface area contributed by atoms with Crippen molar-refractivity contribution in [2.24, 2.45) is 11.5 Å². The Morgan fingerprint density at radius 2 is 1.57 bits per heavy atom. The quantitative estimate of drug-likeness (QED) is 0.632. The Bertz CT molecular complexity index is 215. The van der Waals surface area contributed by atoms with Crippen molar-refractivity contribution in [3.05, 3.63) is 0 Å². The van der Waals surface area contributed by atoms with Crippen LogP contribution in [0.1, 0.15) is 20.3 Å². The molecule has 0 saturated heterocycles. The van der Waals surface area contributed by atoms with Gasteiger partial charge in [-0.25, -0.2) is 0 Å². The lowest BCUT2D eigenvalue weighted by atomic mass is 10.3. The molecule has 4 N–H and O–H groups in total. The van der Waals surface area contributed by atoms with Crippen molar-refractivity contribution in [1.82, 2.24) is 0 Å². The molecule has 0 aromatic carbocycles. The highest BCUT2D eigenvalue weighted by atomic mass is 32.2. The van der Waals surface area contributed by atoms with Crippen molar-refractivity contribution in [3.8, 4) is 0 Å². The average molecular weight is 236 g/mol. The molecule has 14 heavy (non-hydrogen) atoms. The van der Waals surface area contributed by atoms with Crippen LogP contribution in [0.15, 0.2) is 0 Å². The molecule has 0 atom stereocenters. The zero-order chi connectivity index (χ0) is 11.2. The predicted molar refractivity (Wildman–Crippen MR) is 62.0 cm³/mol. The summed E-state index contributed by atoms with van der Waals surface area (Å²) in [6, 6.07) is 0. The van der Waals surface area contributed by atoms with Crippen LogP contribution in [0.3, 0.4) is 0 Å². The lowest BCUT2D eigenvalue weighted by Crippen LogP contribution is -2.41. The van der Waals surface area contributed by atoms with E-state index in [9.17, 15) is 9.59 Å². The van der Waals surface area contributed by atoms with Gasteiger partial charge < -0.3 is 11.5 Å². The van der Waals surface area contributed by atoms with Crippen LogP contribution >= 0.6 is 23.5 Å². The predicted octanol–water partition coefficient (Wildman–Crippen LogP) is 0.550. The first-order valence-corrected chi connectivity index (χ1v) is 6.31. The molecule has 0 saturated carbocycles. The van der Waals surface area contributed by atoms with E-state index >= 15 is 0 Å². The van der Waals surface area contributed by atoms with Gasteiger partial charge in [0.15, 0.2) is 0 Å². The fraction of sp³-hybridized carbons (Fsp3) is 0.750. The van der Waals surface area contributed by atoms with E-state index in [4.69, 9.17) is 11.5 Å². The van der Waals surface area contributed by atoms with Gasteiger partial charge >= 0.3 is 0 Å². The van der Waals surface area contributed by atoms with E-state index in [2.05, 4.69) is 0 Å². The van der Waals surface area contributed by atoms with Crippen LogP contribution < -0.4 is 11.5 Å². The Kier molecular flexibility index (Phi) is 6.03. The van der Waals surface area contributed by atoms with Gasteiger partial charge in [0.1, 0.15) is 4.08 Å². The maximum absolute atomic E-state index is 11.3. The lowest BCUT2D eigenvalue weighted by molar-refractivity contribution is -0.123. The second-order valence-electron chi connectivity index (χ2n) is 2.63. The third-order valence-electron chi connectivity index (χ3n) is 1.54. The van der Waals surface area contributed by atoms with Gasteiger partial charge in [-0.15, -0.1) is 23.5 Å². The van der Waals surface area contributed by atoms with Crippen molar-refractivity contribution < 1.29 is 9.59 Å². The summed E-state index contributed by atoms with van der Waals surface area (Å²) in [7, 11) is 0.